The number of hydrogen-bond acceptors (Lipinski definition) is 6. The largest absolute Gasteiger partial charge is 0.496 e. The molecule has 0 spiro atoms. The molecule has 2 N–H and O–H groups in total. The summed E-state index contributed by atoms with van der Waals surface area (Å²) in [6.07, 6.45) is 3.66. The second kappa shape index (κ2) is 7.24. The fourth-order valence-corrected chi connectivity index (χ4v) is 3.28. The first kappa shape index (κ1) is 17.3. The molecule has 4 rings (SSSR count). The standard InChI is InChI=1S/C19H22N6O2/c1-24-12-13-9-15(17(27-2)10-16(13)23-24)19(26)22-18-4-3-14(11-21-18)25-7-5-20-6-8-25/h3-4,9-12,20H,5-8H2,1-2H3,(H,21,22,26). The number of pyridine rings is 1. The Labute approximate surface area is 157 Å². The van der Waals surface area contributed by atoms with E-state index in [4.69, 9.17) is 4.74 Å². The number of rotatable bonds is 4. The van der Waals surface area contributed by atoms with Gasteiger partial charge in [-0.25, -0.2) is 4.98 Å². The van der Waals surface area contributed by atoms with Gasteiger partial charge in [0.1, 0.15) is 11.6 Å². The van der Waals surface area contributed by atoms with Gasteiger partial charge in [-0.2, -0.15) is 5.10 Å². The summed E-state index contributed by atoms with van der Waals surface area (Å²) in [5.41, 5.74) is 2.29. The minimum absolute atomic E-state index is 0.264. The van der Waals surface area contributed by atoms with E-state index in [0.29, 0.717) is 17.1 Å². The van der Waals surface area contributed by atoms with Crippen LogP contribution in [0.1, 0.15) is 10.4 Å². The van der Waals surface area contributed by atoms with Crippen molar-refractivity contribution >= 4 is 28.3 Å². The number of piperazine rings is 1. The van der Waals surface area contributed by atoms with Crippen molar-refractivity contribution in [2.45, 2.75) is 0 Å². The minimum atomic E-state index is -0.264. The monoisotopic (exact) mass is 366 g/mol. The maximum absolute atomic E-state index is 12.8. The molecule has 1 saturated heterocycles. The Morgan fingerprint density at radius 3 is 2.78 bits per heavy atom. The molecule has 1 aliphatic heterocycles. The molecule has 1 aromatic carbocycles. The number of amides is 1. The van der Waals surface area contributed by atoms with Crippen LogP contribution in [0.4, 0.5) is 11.5 Å². The topological polar surface area (TPSA) is 84.3 Å². The van der Waals surface area contributed by atoms with Crippen molar-refractivity contribution in [3.63, 3.8) is 0 Å². The molecule has 1 fully saturated rings. The number of carbonyl (C=O) groups excluding carboxylic acids is 1. The van der Waals surface area contributed by atoms with Crippen molar-refractivity contribution in [1.29, 1.82) is 0 Å². The second-order valence-electron chi connectivity index (χ2n) is 6.51. The van der Waals surface area contributed by atoms with Crippen LogP contribution in [0.15, 0.2) is 36.7 Å². The Morgan fingerprint density at radius 1 is 1.26 bits per heavy atom. The number of ether oxygens (including phenoxy) is 1. The number of nitrogens with one attached hydrogen (secondary N) is 2. The van der Waals surface area contributed by atoms with Gasteiger partial charge in [-0.1, -0.05) is 0 Å². The molecule has 0 saturated carbocycles. The quantitative estimate of drug-likeness (QED) is 0.730. The van der Waals surface area contributed by atoms with E-state index in [0.717, 1.165) is 42.8 Å². The molecule has 8 nitrogen and oxygen atoms in total. The number of carbonyl (C=O) groups is 1. The molecule has 1 aliphatic rings. The zero-order valence-electron chi connectivity index (χ0n) is 15.4. The second-order valence-corrected chi connectivity index (χ2v) is 6.51. The van der Waals surface area contributed by atoms with Gasteiger partial charge >= 0.3 is 0 Å². The number of hydrogen-bond donors (Lipinski definition) is 2. The van der Waals surface area contributed by atoms with E-state index >= 15 is 0 Å². The highest BCUT2D eigenvalue weighted by molar-refractivity contribution is 6.08. The van der Waals surface area contributed by atoms with E-state index in [1.165, 1.54) is 0 Å². The predicted octanol–water partition coefficient (Wildman–Crippen LogP) is 1.64. The van der Waals surface area contributed by atoms with Crippen molar-refractivity contribution in [2.75, 3.05) is 43.5 Å². The number of aryl methyl sites for hydroxylation is 1. The highest BCUT2D eigenvalue weighted by Gasteiger charge is 2.16. The van der Waals surface area contributed by atoms with Crippen molar-refractivity contribution in [3.8, 4) is 5.75 Å². The zero-order valence-corrected chi connectivity index (χ0v) is 15.4. The van der Waals surface area contributed by atoms with Gasteiger partial charge in [0.05, 0.1) is 30.1 Å². The summed E-state index contributed by atoms with van der Waals surface area (Å²) in [6.45, 7) is 3.84. The predicted molar refractivity (Wildman–Crippen MR) is 105 cm³/mol. The van der Waals surface area contributed by atoms with E-state index in [2.05, 4.69) is 25.6 Å². The molecular formula is C19H22N6O2. The summed E-state index contributed by atoms with van der Waals surface area (Å²) in [7, 11) is 3.39. The molecule has 1 amide bonds. The molecule has 27 heavy (non-hydrogen) atoms. The van der Waals surface area contributed by atoms with Crippen LogP contribution in [0.3, 0.4) is 0 Å². The van der Waals surface area contributed by atoms with Crippen LogP contribution in [0, 0.1) is 0 Å². The first-order chi connectivity index (χ1) is 13.1. The highest BCUT2D eigenvalue weighted by Crippen LogP contribution is 2.26. The Hall–Kier alpha value is -3.13. The smallest absolute Gasteiger partial charge is 0.260 e. The number of fused-ring (bicyclic) bond motifs is 1. The molecular weight excluding hydrogens is 344 g/mol. The maximum Gasteiger partial charge on any atom is 0.260 e. The Balaban J connectivity index is 1.54. The summed E-state index contributed by atoms with van der Waals surface area (Å²) < 4.78 is 7.09. The van der Waals surface area contributed by atoms with Crippen LogP contribution >= 0.6 is 0 Å². The molecule has 2 aromatic heterocycles. The van der Waals surface area contributed by atoms with Gasteiger partial charge in [0.25, 0.3) is 5.91 Å². The first-order valence-electron chi connectivity index (χ1n) is 8.88. The van der Waals surface area contributed by atoms with Gasteiger partial charge in [0.2, 0.25) is 0 Å². The Morgan fingerprint density at radius 2 is 2.07 bits per heavy atom. The van der Waals surface area contributed by atoms with Crippen LogP contribution in [0.5, 0.6) is 5.75 Å². The van der Waals surface area contributed by atoms with E-state index in [9.17, 15) is 4.79 Å². The third kappa shape index (κ3) is 3.56. The van der Waals surface area contributed by atoms with Gasteiger partial charge in [0.15, 0.2) is 0 Å². The van der Waals surface area contributed by atoms with E-state index < -0.39 is 0 Å². The number of methoxy groups -OCH3 is 1. The van der Waals surface area contributed by atoms with E-state index in [1.54, 1.807) is 30.1 Å². The number of benzene rings is 1. The SMILES string of the molecule is COc1cc2nn(C)cc2cc1C(=O)Nc1ccc(N2CCNCC2)cn1. The van der Waals surface area contributed by atoms with Crippen molar-refractivity contribution in [1.82, 2.24) is 20.1 Å². The normalized spacial score (nSPS) is 14.4. The molecule has 3 heterocycles. The van der Waals surface area contributed by atoms with Gasteiger partial charge in [-0.05, 0) is 18.2 Å². The number of nitrogens with zero attached hydrogens (tertiary/aromatic N) is 4. The number of aromatic nitrogens is 3. The summed E-state index contributed by atoms with van der Waals surface area (Å²) >= 11 is 0. The molecule has 3 aromatic rings. The summed E-state index contributed by atoms with van der Waals surface area (Å²) in [5.74, 6) is 0.725. The lowest BCUT2D eigenvalue weighted by atomic mass is 10.1. The van der Waals surface area contributed by atoms with Gasteiger partial charge in [-0.3, -0.25) is 9.48 Å². The zero-order chi connectivity index (χ0) is 18.8. The maximum atomic E-state index is 12.8. The summed E-state index contributed by atoms with van der Waals surface area (Å²) in [6, 6.07) is 7.36. The van der Waals surface area contributed by atoms with Crippen LogP contribution in [-0.2, 0) is 7.05 Å². The number of anilines is 2. The van der Waals surface area contributed by atoms with Crippen molar-refractivity contribution in [3.05, 3.63) is 42.2 Å². The molecule has 0 aliphatic carbocycles. The van der Waals surface area contributed by atoms with Crippen molar-refractivity contribution in [2.24, 2.45) is 7.05 Å². The van der Waals surface area contributed by atoms with Gasteiger partial charge < -0.3 is 20.3 Å². The molecule has 0 atom stereocenters. The highest BCUT2D eigenvalue weighted by atomic mass is 16.5. The van der Waals surface area contributed by atoms with Crippen LogP contribution < -0.4 is 20.3 Å². The average Bonchev–Trinajstić information content (AvgIpc) is 3.07. The third-order valence-corrected chi connectivity index (χ3v) is 4.66. The van der Waals surface area contributed by atoms with E-state index in [-0.39, 0.29) is 5.91 Å². The molecule has 0 bridgehead atoms. The minimum Gasteiger partial charge on any atom is -0.496 e. The molecule has 0 unspecified atom stereocenters. The first-order valence-corrected chi connectivity index (χ1v) is 8.88. The lowest BCUT2D eigenvalue weighted by Gasteiger charge is -2.29. The molecule has 140 valence electrons. The molecule has 0 radical (unpaired) electrons. The fraction of sp³-hybridized carbons (Fsp3) is 0.316. The fourth-order valence-electron chi connectivity index (χ4n) is 3.28. The van der Waals surface area contributed by atoms with Gasteiger partial charge in [-0.15, -0.1) is 0 Å². The van der Waals surface area contributed by atoms with E-state index in [1.807, 2.05) is 25.4 Å². The molecule has 8 heteroatoms. The lowest BCUT2D eigenvalue weighted by Crippen LogP contribution is -2.43. The average molecular weight is 366 g/mol. The summed E-state index contributed by atoms with van der Waals surface area (Å²) in [5, 5.41) is 11.4. The van der Waals surface area contributed by atoms with Crippen LogP contribution in [0.2, 0.25) is 0 Å². The summed E-state index contributed by atoms with van der Waals surface area (Å²) in [4.78, 5) is 19.4. The van der Waals surface area contributed by atoms with Crippen molar-refractivity contribution < 1.29 is 9.53 Å². The lowest BCUT2D eigenvalue weighted by molar-refractivity contribution is 0.102. The Bertz CT molecular complexity index is 960. The van der Waals surface area contributed by atoms with Crippen LogP contribution in [-0.4, -0.2) is 54.0 Å². The Kier molecular flexibility index (Phi) is 4.64. The third-order valence-electron chi connectivity index (χ3n) is 4.66. The van der Waals surface area contributed by atoms with Gasteiger partial charge in [0, 0.05) is 50.9 Å². The van der Waals surface area contributed by atoms with Crippen LogP contribution in [0.25, 0.3) is 10.9 Å².